The van der Waals surface area contributed by atoms with Gasteiger partial charge in [-0.1, -0.05) is 26.0 Å². The van der Waals surface area contributed by atoms with Crippen molar-refractivity contribution in [1.82, 2.24) is 9.78 Å². The lowest BCUT2D eigenvalue weighted by molar-refractivity contribution is 0.102. The minimum Gasteiger partial charge on any atom is -0.319 e. The van der Waals surface area contributed by atoms with Crippen LogP contribution < -0.4 is 10.0 Å². The minimum absolute atomic E-state index is 0.0921. The van der Waals surface area contributed by atoms with Crippen molar-refractivity contribution in [3.8, 4) is 0 Å². The van der Waals surface area contributed by atoms with E-state index in [1.165, 1.54) is 18.2 Å². The highest BCUT2D eigenvalue weighted by molar-refractivity contribution is 7.92. The van der Waals surface area contributed by atoms with Crippen LogP contribution in [-0.2, 0) is 15.6 Å². The van der Waals surface area contributed by atoms with E-state index in [0.29, 0.717) is 0 Å². The van der Waals surface area contributed by atoms with Crippen molar-refractivity contribution in [2.75, 3.05) is 10.0 Å². The molecule has 1 heterocycles. The summed E-state index contributed by atoms with van der Waals surface area (Å²) >= 11 is 0. The SMILES string of the molecule is CC(C)c1cc(C(=O)Nc2ccccc2NS(=O)(=O)c2ccc(F)cc2)nn1C(C)(C)C. The number of sulfonamides is 1. The maximum absolute atomic E-state index is 13.2. The van der Waals surface area contributed by atoms with Crippen molar-refractivity contribution >= 4 is 27.3 Å². The van der Waals surface area contributed by atoms with E-state index in [9.17, 15) is 17.6 Å². The molecule has 7 nitrogen and oxygen atoms in total. The molecule has 2 aromatic carbocycles. The molecule has 0 fully saturated rings. The number of para-hydroxylation sites is 2. The van der Waals surface area contributed by atoms with Gasteiger partial charge in [0, 0.05) is 5.69 Å². The molecule has 0 spiro atoms. The summed E-state index contributed by atoms with van der Waals surface area (Å²) in [6, 6.07) is 12.7. The summed E-state index contributed by atoms with van der Waals surface area (Å²) in [6.45, 7) is 10.1. The number of carbonyl (C=O) groups excluding carboxylic acids is 1. The molecule has 0 saturated heterocycles. The lowest BCUT2D eigenvalue weighted by Gasteiger charge is -2.23. The first-order valence-electron chi connectivity index (χ1n) is 10.2. The number of nitrogens with zero attached hydrogens (tertiary/aromatic N) is 2. The number of hydrogen-bond acceptors (Lipinski definition) is 4. The summed E-state index contributed by atoms with van der Waals surface area (Å²) in [5.41, 5.74) is 1.32. The third-order valence-electron chi connectivity index (χ3n) is 4.74. The van der Waals surface area contributed by atoms with Gasteiger partial charge in [-0.2, -0.15) is 5.10 Å². The molecule has 9 heteroatoms. The molecule has 3 rings (SSSR count). The molecule has 2 N–H and O–H groups in total. The zero-order valence-electron chi connectivity index (χ0n) is 18.7. The van der Waals surface area contributed by atoms with E-state index >= 15 is 0 Å². The molecule has 0 atom stereocenters. The Balaban J connectivity index is 1.88. The molecule has 32 heavy (non-hydrogen) atoms. The normalized spacial score (nSPS) is 12.1. The van der Waals surface area contributed by atoms with Crippen molar-refractivity contribution in [3.05, 3.63) is 71.8 Å². The lowest BCUT2D eigenvalue weighted by atomic mass is 10.1. The Morgan fingerprint density at radius 1 is 1.03 bits per heavy atom. The van der Waals surface area contributed by atoms with E-state index in [4.69, 9.17) is 0 Å². The van der Waals surface area contributed by atoms with Gasteiger partial charge in [0.25, 0.3) is 15.9 Å². The molecular weight excluding hydrogens is 431 g/mol. The van der Waals surface area contributed by atoms with Crippen LogP contribution in [0.1, 0.15) is 56.7 Å². The van der Waals surface area contributed by atoms with Crippen LogP contribution in [0.25, 0.3) is 0 Å². The smallest absolute Gasteiger partial charge is 0.276 e. The Bertz CT molecular complexity index is 1230. The topological polar surface area (TPSA) is 93.1 Å². The fourth-order valence-electron chi connectivity index (χ4n) is 3.14. The van der Waals surface area contributed by atoms with Gasteiger partial charge in [-0.3, -0.25) is 14.2 Å². The highest BCUT2D eigenvalue weighted by Gasteiger charge is 2.24. The Morgan fingerprint density at radius 3 is 2.16 bits per heavy atom. The number of nitrogens with one attached hydrogen (secondary N) is 2. The number of anilines is 2. The third kappa shape index (κ3) is 5.16. The van der Waals surface area contributed by atoms with Gasteiger partial charge in [0.15, 0.2) is 5.69 Å². The van der Waals surface area contributed by atoms with Gasteiger partial charge in [-0.05, 0) is 69.2 Å². The molecular formula is C23H27FN4O3S. The van der Waals surface area contributed by atoms with E-state index < -0.39 is 21.7 Å². The first-order valence-corrected chi connectivity index (χ1v) is 11.7. The van der Waals surface area contributed by atoms with E-state index in [1.54, 1.807) is 24.3 Å². The van der Waals surface area contributed by atoms with Crippen molar-refractivity contribution in [2.45, 2.75) is 51.0 Å². The molecule has 0 aliphatic rings. The van der Waals surface area contributed by atoms with Crippen LogP contribution >= 0.6 is 0 Å². The van der Waals surface area contributed by atoms with Crippen molar-refractivity contribution in [1.29, 1.82) is 0 Å². The zero-order chi connectivity index (χ0) is 23.7. The highest BCUT2D eigenvalue weighted by Crippen LogP contribution is 2.27. The van der Waals surface area contributed by atoms with Crippen molar-refractivity contribution in [3.63, 3.8) is 0 Å². The number of rotatable bonds is 6. The van der Waals surface area contributed by atoms with Gasteiger partial charge < -0.3 is 5.32 Å². The van der Waals surface area contributed by atoms with E-state index in [1.807, 2.05) is 39.3 Å². The van der Waals surface area contributed by atoms with Crippen LogP contribution in [0.5, 0.6) is 0 Å². The predicted molar refractivity (Wildman–Crippen MR) is 123 cm³/mol. The quantitative estimate of drug-likeness (QED) is 0.546. The summed E-state index contributed by atoms with van der Waals surface area (Å²) in [6.07, 6.45) is 0. The number of hydrogen-bond donors (Lipinski definition) is 2. The summed E-state index contributed by atoms with van der Waals surface area (Å²) in [4.78, 5) is 12.9. The Morgan fingerprint density at radius 2 is 1.62 bits per heavy atom. The number of aromatic nitrogens is 2. The van der Waals surface area contributed by atoms with E-state index in [2.05, 4.69) is 15.1 Å². The standard InChI is InChI=1S/C23H27FN4O3S/c1-15(2)21-14-20(26-28(21)23(3,4)5)22(29)25-18-8-6-7-9-19(18)27-32(30,31)17-12-10-16(24)11-13-17/h6-15,27H,1-5H3,(H,25,29). The second-order valence-corrected chi connectivity index (χ2v) is 10.4. The summed E-state index contributed by atoms with van der Waals surface area (Å²) in [5.74, 6) is -0.825. The van der Waals surface area contributed by atoms with E-state index in [0.717, 1.165) is 17.8 Å². The molecule has 0 unspecified atom stereocenters. The molecule has 3 aromatic rings. The molecule has 0 bridgehead atoms. The molecule has 1 amide bonds. The van der Waals surface area contributed by atoms with Gasteiger partial charge in [-0.25, -0.2) is 12.8 Å². The van der Waals surface area contributed by atoms with Gasteiger partial charge in [0.2, 0.25) is 0 Å². The zero-order valence-corrected chi connectivity index (χ0v) is 19.5. The molecule has 1 aromatic heterocycles. The molecule has 0 radical (unpaired) electrons. The second kappa shape index (κ2) is 8.74. The highest BCUT2D eigenvalue weighted by atomic mass is 32.2. The molecule has 0 saturated carbocycles. The van der Waals surface area contributed by atoms with Gasteiger partial charge in [0.05, 0.1) is 21.8 Å². The molecule has 170 valence electrons. The average molecular weight is 459 g/mol. The summed E-state index contributed by atoms with van der Waals surface area (Å²) < 4.78 is 42.8. The Hall–Kier alpha value is -3.20. The van der Waals surface area contributed by atoms with Crippen LogP contribution in [0.2, 0.25) is 0 Å². The van der Waals surface area contributed by atoms with Crippen LogP contribution in [0, 0.1) is 5.82 Å². The van der Waals surface area contributed by atoms with Crippen LogP contribution in [0.15, 0.2) is 59.5 Å². The maximum atomic E-state index is 13.2. The Labute approximate surface area is 187 Å². The van der Waals surface area contributed by atoms with Crippen LogP contribution in [-0.4, -0.2) is 24.1 Å². The number of benzene rings is 2. The van der Waals surface area contributed by atoms with Gasteiger partial charge in [-0.15, -0.1) is 0 Å². The van der Waals surface area contributed by atoms with E-state index in [-0.39, 0.29) is 33.4 Å². The Kier molecular flexibility index (Phi) is 6.41. The van der Waals surface area contributed by atoms with Crippen molar-refractivity contribution in [2.24, 2.45) is 0 Å². The van der Waals surface area contributed by atoms with Gasteiger partial charge in [0.1, 0.15) is 5.82 Å². The number of halogens is 1. The maximum Gasteiger partial charge on any atom is 0.276 e. The van der Waals surface area contributed by atoms with Crippen molar-refractivity contribution < 1.29 is 17.6 Å². The fraction of sp³-hybridized carbons (Fsp3) is 0.304. The number of carbonyl (C=O) groups is 1. The van der Waals surface area contributed by atoms with Crippen LogP contribution in [0.4, 0.5) is 15.8 Å². The third-order valence-corrected chi connectivity index (χ3v) is 6.12. The minimum atomic E-state index is -3.97. The molecule has 0 aliphatic heterocycles. The summed E-state index contributed by atoms with van der Waals surface area (Å²) in [7, 11) is -3.97. The second-order valence-electron chi connectivity index (χ2n) is 8.75. The van der Waals surface area contributed by atoms with Gasteiger partial charge >= 0.3 is 0 Å². The largest absolute Gasteiger partial charge is 0.319 e. The molecule has 0 aliphatic carbocycles. The number of amides is 1. The fourth-order valence-corrected chi connectivity index (χ4v) is 4.22. The van der Waals surface area contributed by atoms with Crippen LogP contribution in [0.3, 0.4) is 0 Å². The predicted octanol–water partition coefficient (Wildman–Crippen LogP) is 4.95. The summed E-state index contributed by atoms with van der Waals surface area (Å²) in [5, 5.41) is 7.23. The average Bonchev–Trinajstić information content (AvgIpc) is 3.16. The lowest BCUT2D eigenvalue weighted by Crippen LogP contribution is -2.26. The monoisotopic (exact) mass is 458 g/mol. The first kappa shape index (κ1) is 23.5. The first-order chi connectivity index (χ1) is 14.9.